The number of nitrogens with zero attached hydrogens (tertiary/aromatic N) is 2. The molecule has 0 unspecified atom stereocenters. The second kappa shape index (κ2) is 9.94. The Morgan fingerprint density at radius 2 is 1.85 bits per heavy atom. The molecule has 1 aromatic carbocycles. The summed E-state index contributed by atoms with van der Waals surface area (Å²) in [5.41, 5.74) is 4.10. The van der Waals surface area contributed by atoms with Gasteiger partial charge in [0, 0.05) is 28.4 Å². The molecule has 0 bridgehead atoms. The minimum absolute atomic E-state index is 0.102. The number of aromatic nitrogens is 2. The highest BCUT2D eigenvalue weighted by Crippen LogP contribution is 2.36. The molecular formula is C27H31N3O3. The minimum Gasteiger partial charge on any atom is -0.497 e. The van der Waals surface area contributed by atoms with Crippen LogP contribution in [0.25, 0.3) is 27.9 Å². The van der Waals surface area contributed by atoms with E-state index in [9.17, 15) is 4.79 Å². The van der Waals surface area contributed by atoms with Crippen molar-refractivity contribution in [3.63, 3.8) is 0 Å². The summed E-state index contributed by atoms with van der Waals surface area (Å²) in [5, 5.41) is 4.37. The van der Waals surface area contributed by atoms with E-state index in [-0.39, 0.29) is 5.56 Å². The molecule has 5 rings (SSSR count). The Bertz CT molecular complexity index is 1250. The molecule has 0 atom stereocenters. The molecule has 2 aliphatic rings. The van der Waals surface area contributed by atoms with Gasteiger partial charge in [0.2, 0.25) is 5.88 Å². The first-order valence-electron chi connectivity index (χ1n) is 11.7. The topological polar surface area (TPSA) is 65.4 Å². The molecule has 1 aliphatic heterocycles. The second-order valence-corrected chi connectivity index (χ2v) is 7.83. The number of pyridine rings is 2. The number of allylic oxidation sites excluding steroid dienone is 3. The molecule has 1 aliphatic carbocycles. The van der Waals surface area contributed by atoms with Gasteiger partial charge in [-0.15, -0.1) is 0 Å². The van der Waals surface area contributed by atoms with Crippen LogP contribution in [0.15, 0.2) is 65.1 Å². The van der Waals surface area contributed by atoms with E-state index in [0.717, 1.165) is 22.4 Å². The van der Waals surface area contributed by atoms with Crippen molar-refractivity contribution in [2.45, 2.75) is 33.6 Å². The summed E-state index contributed by atoms with van der Waals surface area (Å²) in [4.78, 5) is 18.4. The summed E-state index contributed by atoms with van der Waals surface area (Å²) in [5.74, 6) is 1.91. The van der Waals surface area contributed by atoms with E-state index in [1.807, 2.05) is 69.3 Å². The number of nitrogens with one attached hydrogen (secondary N) is 1. The first kappa shape index (κ1) is 22.6. The number of hydrogen-bond acceptors (Lipinski definition) is 5. The van der Waals surface area contributed by atoms with Crippen molar-refractivity contribution < 1.29 is 9.47 Å². The van der Waals surface area contributed by atoms with Crippen molar-refractivity contribution in [2.24, 2.45) is 5.92 Å². The van der Waals surface area contributed by atoms with Gasteiger partial charge in [-0.05, 0) is 67.7 Å². The molecule has 6 nitrogen and oxygen atoms in total. The standard InChI is InChI=1S/C25H25N3O3.C2H6/c1-3-31-23-13-8-18-14-21(16-6-10-20(30-2)11-7-16)25(29)28(24(18)27-23)19-9-12-22(26-15-19)17-4-5-17;1-2/h6-14,17,26H,3-5,15H2,1-2H3;1-2H3. The predicted octanol–water partition coefficient (Wildman–Crippen LogP) is 5.24. The van der Waals surface area contributed by atoms with Crippen LogP contribution in [0.4, 0.5) is 0 Å². The van der Waals surface area contributed by atoms with E-state index in [1.54, 1.807) is 11.7 Å². The summed E-state index contributed by atoms with van der Waals surface area (Å²) in [6.07, 6.45) is 6.60. The summed E-state index contributed by atoms with van der Waals surface area (Å²) in [7, 11) is 1.63. The van der Waals surface area contributed by atoms with Crippen LogP contribution >= 0.6 is 0 Å². The first-order valence-corrected chi connectivity index (χ1v) is 11.7. The van der Waals surface area contributed by atoms with E-state index < -0.39 is 0 Å². The average molecular weight is 446 g/mol. The fourth-order valence-electron chi connectivity index (χ4n) is 3.96. The molecule has 172 valence electrons. The summed E-state index contributed by atoms with van der Waals surface area (Å²) in [6.45, 7) is 7.03. The highest BCUT2D eigenvalue weighted by molar-refractivity contribution is 5.85. The smallest absolute Gasteiger partial charge is 0.264 e. The molecule has 1 N–H and O–H groups in total. The second-order valence-electron chi connectivity index (χ2n) is 7.83. The third-order valence-corrected chi connectivity index (χ3v) is 5.75. The van der Waals surface area contributed by atoms with E-state index in [4.69, 9.17) is 9.47 Å². The highest BCUT2D eigenvalue weighted by atomic mass is 16.5. The van der Waals surface area contributed by atoms with Crippen molar-refractivity contribution in [3.8, 4) is 22.8 Å². The lowest BCUT2D eigenvalue weighted by molar-refractivity contribution is 0.328. The third-order valence-electron chi connectivity index (χ3n) is 5.75. The maximum atomic E-state index is 13.7. The van der Waals surface area contributed by atoms with Gasteiger partial charge in [-0.1, -0.05) is 26.0 Å². The Hall–Kier alpha value is -3.54. The lowest BCUT2D eigenvalue weighted by Crippen LogP contribution is -2.29. The molecule has 1 fully saturated rings. The number of dihydropyridines is 1. The van der Waals surface area contributed by atoms with E-state index >= 15 is 0 Å². The van der Waals surface area contributed by atoms with Crippen LogP contribution in [0.1, 0.15) is 33.6 Å². The van der Waals surface area contributed by atoms with Crippen LogP contribution < -0.4 is 20.3 Å². The van der Waals surface area contributed by atoms with Gasteiger partial charge >= 0.3 is 0 Å². The molecule has 2 aromatic heterocycles. The van der Waals surface area contributed by atoms with Crippen LogP contribution in [-0.4, -0.2) is 29.8 Å². The molecule has 1 saturated carbocycles. The maximum Gasteiger partial charge on any atom is 0.264 e. The number of ether oxygens (including phenoxy) is 2. The number of hydrogen-bond donors (Lipinski definition) is 1. The SMILES string of the molecule is CC.CCOc1ccc2cc(-c3ccc(OC)cc3)c(=O)n(C3=CC=C(C4CC4)NC3)c2n1. The lowest BCUT2D eigenvalue weighted by atomic mass is 10.0. The van der Waals surface area contributed by atoms with E-state index in [1.165, 1.54) is 18.5 Å². The minimum atomic E-state index is -0.102. The third kappa shape index (κ3) is 4.65. The Labute approximate surface area is 194 Å². The molecule has 33 heavy (non-hydrogen) atoms. The molecule has 0 saturated heterocycles. The number of fused-ring (bicyclic) bond motifs is 1. The Morgan fingerprint density at radius 3 is 2.45 bits per heavy atom. The van der Waals surface area contributed by atoms with Crippen molar-refractivity contribution in [3.05, 3.63) is 70.7 Å². The zero-order valence-electron chi connectivity index (χ0n) is 19.7. The lowest BCUT2D eigenvalue weighted by Gasteiger charge is -2.21. The quantitative estimate of drug-likeness (QED) is 0.562. The monoisotopic (exact) mass is 445 g/mol. The van der Waals surface area contributed by atoms with Crippen LogP contribution in [0.3, 0.4) is 0 Å². The van der Waals surface area contributed by atoms with E-state index in [2.05, 4.69) is 16.4 Å². The van der Waals surface area contributed by atoms with Gasteiger partial charge in [0.1, 0.15) is 5.75 Å². The van der Waals surface area contributed by atoms with Crippen molar-refractivity contribution >= 4 is 16.7 Å². The Kier molecular flexibility index (Phi) is 6.82. The van der Waals surface area contributed by atoms with Gasteiger partial charge in [-0.3, -0.25) is 9.36 Å². The molecule has 0 spiro atoms. The van der Waals surface area contributed by atoms with Gasteiger partial charge in [0.05, 0.1) is 20.3 Å². The zero-order chi connectivity index (χ0) is 23.4. The number of benzene rings is 1. The van der Waals surface area contributed by atoms with Crippen LogP contribution in [0.5, 0.6) is 11.6 Å². The van der Waals surface area contributed by atoms with Gasteiger partial charge in [0.25, 0.3) is 5.56 Å². The fourth-order valence-corrected chi connectivity index (χ4v) is 3.96. The van der Waals surface area contributed by atoms with Crippen LogP contribution in [0.2, 0.25) is 0 Å². The first-order chi connectivity index (χ1) is 16.2. The highest BCUT2D eigenvalue weighted by Gasteiger charge is 2.27. The molecule has 3 heterocycles. The molecule has 0 radical (unpaired) electrons. The fraction of sp³-hybridized carbons (Fsp3) is 0.333. The van der Waals surface area contributed by atoms with Gasteiger partial charge < -0.3 is 14.8 Å². The summed E-state index contributed by atoms with van der Waals surface area (Å²) < 4.78 is 12.6. The Balaban J connectivity index is 0.00000126. The Morgan fingerprint density at radius 1 is 1.09 bits per heavy atom. The van der Waals surface area contributed by atoms with Crippen LogP contribution in [-0.2, 0) is 0 Å². The van der Waals surface area contributed by atoms with Crippen molar-refractivity contribution in [1.29, 1.82) is 0 Å². The van der Waals surface area contributed by atoms with Crippen LogP contribution in [0, 0.1) is 5.92 Å². The van der Waals surface area contributed by atoms with Gasteiger partial charge in [-0.2, -0.15) is 4.98 Å². The van der Waals surface area contributed by atoms with E-state index in [0.29, 0.717) is 36.2 Å². The van der Waals surface area contributed by atoms with Crippen molar-refractivity contribution in [1.82, 2.24) is 14.9 Å². The number of rotatable bonds is 6. The van der Waals surface area contributed by atoms with Gasteiger partial charge in [0.15, 0.2) is 5.65 Å². The number of methoxy groups -OCH3 is 1. The normalized spacial score (nSPS) is 15.0. The molecular weight excluding hydrogens is 414 g/mol. The molecule has 6 heteroatoms. The predicted molar refractivity (Wildman–Crippen MR) is 134 cm³/mol. The maximum absolute atomic E-state index is 13.7. The summed E-state index contributed by atoms with van der Waals surface area (Å²) >= 11 is 0. The van der Waals surface area contributed by atoms with Crippen molar-refractivity contribution in [2.75, 3.05) is 20.3 Å². The van der Waals surface area contributed by atoms with Gasteiger partial charge in [-0.25, -0.2) is 0 Å². The zero-order valence-corrected chi connectivity index (χ0v) is 19.7. The largest absolute Gasteiger partial charge is 0.497 e. The average Bonchev–Trinajstić information content (AvgIpc) is 3.71. The molecule has 0 amide bonds. The summed E-state index contributed by atoms with van der Waals surface area (Å²) in [6, 6.07) is 13.3. The molecule has 3 aromatic rings.